The Morgan fingerprint density at radius 1 is 0.974 bits per heavy atom. The first kappa shape index (κ1) is 27.4. The molecule has 6 nitrogen and oxygen atoms in total. The number of esters is 1. The van der Waals surface area contributed by atoms with Gasteiger partial charge in [0, 0.05) is 0 Å². The molecule has 1 unspecified atom stereocenters. The third-order valence-corrected chi connectivity index (χ3v) is 7.25. The molecular weight excluding hydrogens is 518 g/mol. The Morgan fingerprint density at radius 2 is 1.71 bits per heavy atom. The standard InChI is InChI=1S/C30H29NO5S2/c1-4-34-25-17-21(15-16-24(25)36-19-23-14-10-9-11-20(23)3)18-26-28(32)31(30(37)38-26)27(29(33)35-5-2)22-12-7-6-8-13-22/h6-18,27H,4-5,19H2,1-3H3/b26-18-. The number of hydrogen-bond donors (Lipinski definition) is 0. The topological polar surface area (TPSA) is 65.1 Å². The zero-order chi connectivity index (χ0) is 27.1. The summed E-state index contributed by atoms with van der Waals surface area (Å²) in [5, 5.41) is 0. The fourth-order valence-corrected chi connectivity index (χ4v) is 5.34. The molecule has 1 saturated heterocycles. The highest BCUT2D eigenvalue weighted by Crippen LogP contribution is 2.39. The zero-order valence-corrected chi connectivity index (χ0v) is 23.1. The number of thioether (sulfide) groups is 1. The molecule has 0 aliphatic carbocycles. The Hall–Kier alpha value is -3.62. The van der Waals surface area contributed by atoms with E-state index in [2.05, 4.69) is 0 Å². The molecule has 1 fully saturated rings. The lowest BCUT2D eigenvalue weighted by molar-refractivity contribution is -0.151. The molecular formula is C30H29NO5S2. The first-order chi connectivity index (χ1) is 18.4. The van der Waals surface area contributed by atoms with E-state index < -0.39 is 12.0 Å². The molecule has 0 spiro atoms. The van der Waals surface area contributed by atoms with E-state index in [-0.39, 0.29) is 12.5 Å². The van der Waals surface area contributed by atoms with Crippen molar-refractivity contribution in [2.45, 2.75) is 33.4 Å². The summed E-state index contributed by atoms with van der Waals surface area (Å²) < 4.78 is 17.5. The van der Waals surface area contributed by atoms with Crippen LogP contribution in [0.15, 0.2) is 77.7 Å². The van der Waals surface area contributed by atoms with E-state index in [1.807, 2.05) is 74.5 Å². The van der Waals surface area contributed by atoms with E-state index in [0.29, 0.717) is 39.5 Å². The largest absolute Gasteiger partial charge is 0.490 e. The highest BCUT2D eigenvalue weighted by Gasteiger charge is 2.42. The van der Waals surface area contributed by atoms with Crippen LogP contribution >= 0.6 is 24.0 Å². The summed E-state index contributed by atoms with van der Waals surface area (Å²) >= 11 is 6.70. The van der Waals surface area contributed by atoms with Crippen molar-refractivity contribution in [2.24, 2.45) is 0 Å². The van der Waals surface area contributed by atoms with Crippen LogP contribution in [0.3, 0.4) is 0 Å². The van der Waals surface area contributed by atoms with Gasteiger partial charge in [0.2, 0.25) is 0 Å². The molecule has 1 heterocycles. The number of amides is 1. The van der Waals surface area contributed by atoms with Gasteiger partial charge in [0.15, 0.2) is 17.5 Å². The van der Waals surface area contributed by atoms with Gasteiger partial charge in [-0.3, -0.25) is 9.69 Å². The third-order valence-electron chi connectivity index (χ3n) is 5.92. The van der Waals surface area contributed by atoms with Gasteiger partial charge in [-0.1, -0.05) is 84.6 Å². The number of aryl methyl sites for hydroxylation is 1. The number of benzene rings is 3. The minimum atomic E-state index is -0.953. The fourth-order valence-electron chi connectivity index (χ4n) is 4.03. The summed E-state index contributed by atoms with van der Waals surface area (Å²) in [6.07, 6.45) is 1.75. The van der Waals surface area contributed by atoms with Gasteiger partial charge in [-0.15, -0.1) is 0 Å². The Balaban J connectivity index is 1.59. The molecule has 1 amide bonds. The number of rotatable bonds is 10. The lowest BCUT2D eigenvalue weighted by Gasteiger charge is -2.25. The molecule has 0 aromatic heterocycles. The van der Waals surface area contributed by atoms with Gasteiger partial charge in [-0.25, -0.2) is 4.79 Å². The van der Waals surface area contributed by atoms with Crippen LogP contribution in [0, 0.1) is 6.92 Å². The van der Waals surface area contributed by atoms with Gasteiger partial charge in [0.1, 0.15) is 10.9 Å². The fraction of sp³-hybridized carbons (Fsp3) is 0.233. The second-order valence-corrected chi connectivity index (χ2v) is 10.1. The Labute approximate surface area is 232 Å². The monoisotopic (exact) mass is 547 g/mol. The molecule has 3 aromatic rings. The number of nitrogens with zero attached hydrogens (tertiary/aromatic N) is 1. The molecule has 0 bridgehead atoms. The van der Waals surface area contributed by atoms with Crippen LogP contribution in [0.1, 0.15) is 42.1 Å². The van der Waals surface area contributed by atoms with E-state index in [1.165, 1.54) is 4.90 Å². The van der Waals surface area contributed by atoms with Crippen molar-refractivity contribution in [3.05, 3.63) is 100.0 Å². The van der Waals surface area contributed by atoms with Gasteiger partial charge in [0.05, 0.1) is 18.1 Å². The first-order valence-corrected chi connectivity index (χ1v) is 13.6. The van der Waals surface area contributed by atoms with E-state index in [1.54, 1.807) is 25.1 Å². The van der Waals surface area contributed by atoms with Gasteiger partial charge >= 0.3 is 5.97 Å². The lowest BCUT2D eigenvalue weighted by atomic mass is 10.1. The van der Waals surface area contributed by atoms with Crippen molar-refractivity contribution in [1.82, 2.24) is 4.90 Å². The van der Waals surface area contributed by atoms with Gasteiger partial charge in [-0.2, -0.15) is 0 Å². The van der Waals surface area contributed by atoms with Crippen LogP contribution < -0.4 is 9.47 Å². The summed E-state index contributed by atoms with van der Waals surface area (Å²) in [6, 6.07) is 21.7. The van der Waals surface area contributed by atoms with Crippen molar-refractivity contribution >= 4 is 46.3 Å². The summed E-state index contributed by atoms with van der Waals surface area (Å²) in [5.74, 6) is 0.329. The zero-order valence-electron chi connectivity index (χ0n) is 21.5. The summed E-state index contributed by atoms with van der Waals surface area (Å²) in [5.41, 5.74) is 3.64. The minimum absolute atomic E-state index is 0.200. The third kappa shape index (κ3) is 6.26. The highest BCUT2D eigenvalue weighted by atomic mass is 32.2. The van der Waals surface area contributed by atoms with Crippen LogP contribution in [-0.4, -0.2) is 34.3 Å². The maximum Gasteiger partial charge on any atom is 0.333 e. The Bertz CT molecular complexity index is 1360. The molecule has 196 valence electrons. The molecule has 3 aromatic carbocycles. The maximum absolute atomic E-state index is 13.5. The van der Waals surface area contributed by atoms with Gasteiger partial charge in [-0.05, 0) is 61.2 Å². The van der Waals surface area contributed by atoms with Crippen LogP contribution in [0.2, 0.25) is 0 Å². The quantitative estimate of drug-likeness (QED) is 0.164. The number of carbonyl (C=O) groups excluding carboxylic acids is 2. The SMILES string of the molecule is CCOC(=O)C(c1ccccc1)N1C(=O)/C(=C/c2ccc(OCc3ccccc3C)c(OCC)c2)SC1=S. The van der Waals surface area contributed by atoms with Crippen molar-refractivity contribution < 1.29 is 23.8 Å². The van der Waals surface area contributed by atoms with Crippen molar-refractivity contribution in [3.63, 3.8) is 0 Å². The molecule has 0 radical (unpaired) electrons. The van der Waals surface area contributed by atoms with E-state index in [4.69, 9.17) is 26.4 Å². The average Bonchev–Trinajstić information content (AvgIpc) is 3.18. The van der Waals surface area contributed by atoms with Crippen molar-refractivity contribution in [2.75, 3.05) is 13.2 Å². The summed E-state index contributed by atoms with van der Waals surface area (Å²) in [7, 11) is 0. The first-order valence-electron chi connectivity index (χ1n) is 12.4. The predicted molar refractivity (Wildman–Crippen MR) is 154 cm³/mol. The minimum Gasteiger partial charge on any atom is -0.490 e. The summed E-state index contributed by atoms with van der Waals surface area (Å²) in [4.78, 5) is 28.1. The normalized spacial score (nSPS) is 15.0. The molecule has 1 aliphatic heterocycles. The molecule has 8 heteroatoms. The number of thiocarbonyl (C=S) groups is 1. The lowest BCUT2D eigenvalue weighted by Crippen LogP contribution is -2.38. The second-order valence-electron chi connectivity index (χ2n) is 8.47. The summed E-state index contributed by atoms with van der Waals surface area (Å²) in [6.45, 7) is 6.76. The molecule has 38 heavy (non-hydrogen) atoms. The number of hydrogen-bond acceptors (Lipinski definition) is 7. The highest BCUT2D eigenvalue weighted by molar-refractivity contribution is 8.26. The molecule has 0 N–H and O–H groups in total. The Kier molecular flexibility index (Phi) is 9.20. The van der Waals surface area contributed by atoms with Crippen molar-refractivity contribution in [3.8, 4) is 11.5 Å². The van der Waals surface area contributed by atoms with Gasteiger partial charge in [0.25, 0.3) is 5.91 Å². The molecule has 1 atom stereocenters. The Morgan fingerprint density at radius 3 is 2.42 bits per heavy atom. The molecule has 4 rings (SSSR count). The molecule has 0 saturated carbocycles. The number of ether oxygens (including phenoxy) is 3. The van der Waals surface area contributed by atoms with Crippen molar-refractivity contribution in [1.29, 1.82) is 0 Å². The number of carbonyl (C=O) groups is 2. The van der Waals surface area contributed by atoms with Crippen LogP contribution in [0.4, 0.5) is 0 Å². The van der Waals surface area contributed by atoms with Crippen LogP contribution in [-0.2, 0) is 20.9 Å². The van der Waals surface area contributed by atoms with Gasteiger partial charge < -0.3 is 14.2 Å². The van der Waals surface area contributed by atoms with Crippen LogP contribution in [0.5, 0.6) is 11.5 Å². The predicted octanol–water partition coefficient (Wildman–Crippen LogP) is 6.48. The average molecular weight is 548 g/mol. The smallest absolute Gasteiger partial charge is 0.333 e. The van der Waals surface area contributed by atoms with E-state index in [9.17, 15) is 9.59 Å². The molecule has 1 aliphatic rings. The second kappa shape index (κ2) is 12.8. The maximum atomic E-state index is 13.5. The van der Waals surface area contributed by atoms with E-state index in [0.717, 1.165) is 28.5 Å². The van der Waals surface area contributed by atoms with E-state index >= 15 is 0 Å². The van der Waals surface area contributed by atoms with Crippen LogP contribution in [0.25, 0.3) is 6.08 Å².